The molecule has 0 aliphatic carbocycles. The Bertz CT molecular complexity index is 441. The van der Waals surface area contributed by atoms with E-state index in [2.05, 4.69) is 4.74 Å². The number of rotatable bonds is 6. The summed E-state index contributed by atoms with van der Waals surface area (Å²) in [4.78, 5) is 23.0. The third kappa shape index (κ3) is 4.62. The van der Waals surface area contributed by atoms with E-state index in [1.807, 2.05) is 24.3 Å². The largest absolute Gasteiger partial charge is 0.497 e. The van der Waals surface area contributed by atoms with Gasteiger partial charge in [-0.15, -0.1) is 0 Å². The van der Waals surface area contributed by atoms with Crippen molar-refractivity contribution in [1.29, 1.82) is 0 Å². The van der Waals surface area contributed by atoms with Crippen LogP contribution in [0, 0.1) is 5.92 Å². The summed E-state index contributed by atoms with van der Waals surface area (Å²) in [6, 6.07) is 7.35. The SMILES string of the molecule is COC(=O)CC(Cc1cccc(OC)c1)C(=O)OC. The molecule has 0 bridgehead atoms. The minimum absolute atomic E-state index is 0.000380. The average molecular weight is 266 g/mol. The molecule has 0 spiro atoms. The lowest BCUT2D eigenvalue weighted by Gasteiger charge is -2.13. The van der Waals surface area contributed by atoms with E-state index in [1.165, 1.54) is 14.2 Å². The Labute approximate surface area is 112 Å². The van der Waals surface area contributed by atoms with Crippen molar-refractivity contribution < 1.29 is 23.8 Å². The van der Waals surface area contributed by atoms with Crippen LogP contribution in [0.25, 0.3) is 0 Å². The maximum Gasteiger partial charge on any atom is 0.309 e. The molecule has 1 rings (SSSR count). The summed E-state index contributed by atoms with van der Waals surface area (Å²) in [5.41, 5.74) is 0.902. The van der Waals surface area contributed by atoms with E-state index in [1.54, 1.807) is 7.11 Å². The zero-order valence-electron chi connectivity index (χ0n) is 11.3. The molecule has 0 radical (unpaired) electrons. The third-order valence-corrected chi connectivity index (χ3v) is 2.79. The minimum Gasteiger partial charge on any atom is -0.497 e. The van der Waals surface area contributed by atoms with Crippen LogP contribution in [0.3, 0.4) is 0 Å². The summed E-state index contributed by atoms with van der Waals surface area (Å²) >= 11 is 0. The monoisotopic (exact) mass is 266 g/mol. The zero-order valence-corrected chi connectivity index (χ0v) is 11.3. The highest BCUT2D eigenvalue weighted by molar-refractivity contribution is 5.80. The van der Waals surface area contributed by atoms with Crippen LogP contribution in [0.2, 0.25) is 0 Å². The highest BCUT2D eigenvalue weighted by atomic mass is 16.5. The van der Waals surface area contributed by atoms with Gasteiger partial charge in [-0.2, -0.15) is 0 Å². The van der Waals surface area contributed by atoms with Gasteiger partial charge in [0, 0.05) is 0 Å². The molecule has 0 saturated heterocycles. The van der Waals surface area contributed by atoms with Crippen molar-refractivity contribution in [2.24, 2.45) is 5.92 Å². The number of ether oxygens (including phenoxy) is 3. The van der Waals surface area contributed by atoms with Gasteiger partial charge in [-0.3, -0.25) is 9.59 Å². The Kier molecular flexibility index (Phi) is 5.85. The first-order chi connectivity index (χ1) is 9.10. The predicted molar refractivity (Wildman–Crippen MR) is 68.8 cm³/mol. The number of esters is 2. The molecule has 5 nitrogen and oxygen atoms in total. The van der Waals surface area contributed by atoms with Gasteiger partial charge in [0.2, 0.25) is 0 Å². The molecule has 0 fully saturated rings. The maximum absolute atomic E-state index is 11.7. The molecule has 19 heavy (non-hydrogen) atoms. The van der Waals surface area contributed by atoms with E-state index in [0.717, 1.165) is 5.56 Å². The van der Waals surface area contributed by atoms with E-state index in [0.29, 0.717) is 12.2 Å². The number of carbonyl (C=O) groups is 2. The van der Waals surface area contributed by atoms with Gasteiger partial charge in [-0.25, -0.2) is 0 Å². The third-order valence-electron chi connectivity index (χ3n) is 2.79. The van der Waals surface area contributed by atoms with Gasteiger partial charge in [0.25, 0.3) is 0 Å². The highest BCUT2D eigenvalue weighted by Gasteiger charge is 2.23. The van der Waals surface area contributed by atoms with Gasteiger partial charge in [-0.05, 0) is 24.1 Å². The Morgan fingerprint density at radius 3 is 2.47 bits per heavy atom. The fourth-order valence-electron chi connectivity index (χ4n) is 1.77. The first-order valence-corrected chi connectivity index (χ1v) is 5.88. The summed E-state index contributed by atoms with van der Waals surface area (Å²) in [7, 11) is 4.17. The number of benzene rings is 1. The topological polar surface area (TPSA) is 61.8 Å². The molecule has 0 amide bonds. The first-order valence-electron chi connectivity index (χ1n) is 5.88. The highest BCUT2D eigenvalue weighted by Crippen LogP contribution is 2.19. The van der Waals surface area contributed by atoms with Gasteiger partial charge >= 0.3 is 11.9 Å². The van der Waals surface area contributed by atoms with Crippen LogP contribution in [-0.4, -0.2) is 33.3 Å². The molecular weight excluding hydrogens is 248 g/mol. The number of carbonyl (C=O) groups excluding carboxylic acids is 2. The lowest BCUT2D eigenvalue weighted by Crippen LogP contribution is -2.22. The van der Waals surface area contributed by atoms with E-state index in [4.69, 9.17) is 9.47 Å². The van der Waals surface area contributed by atoms with Crippen LogP contribution >= 0.6 is 0 Å². The minimum atomic E-state index is -0.551. The van der Waals surface area contributed by atoms with Gasteiger partial charge in [0.1, 0.15) is 5.75 Å². The quantitative estimate of drug-likeness (QED) is 0.732. The van der Waals surface area contributed by atoms with Gasteiger partial charge in [0.15, 0.2) is 0 Å². The second kappa shape index (κ2) is 7.41. The fraction of sp³-hybridized carbons (Fsp3) is 0.429. The van der Waals surface area contributed by atoms with Gasteiger partial charge in [0.05, 0.1) is 33.7 Å². The van der Waals surface area contributed by atoms with Crippen LogP contribution in [0.15, 0.2) is 24.3 Å². The van der Waals surface area contributed by atoms with Gasteiger partial charge in [-0.1, -0.05) is 12.1 Å². The second-order valence-corrected chi connectivity index (χ2v) is 4.06. The number of hydrogen-bond acceptors (Lipinski definition) is 5. The molecule has 1 aromatic rings. The van der Waals surface area contributed by atoms with E-state index < -0.39 is 17.9 Å². The molecule has 1 unspecified atom stereocenters. The average Bonchev–Trinajstić information content (AvgIpc) is 2.45. The van der Waals surface area contributed by atoms with Crippen molar-refractivity contribution in [3.05, 3.63) is 29.8 Å². The normalized spacial score (nSPS) is 11.5. The zero-order chi connectivity index (χ0) is 14.3. The van der Waals surface area contributed by atoms with Crippen molar-refractivity contribution in [1.82, 2.24) is 0 Å². The molecular formula is C14H18O5. The molecule has 1 aromatic carbocycles. The molecule has 0 heterocycles. The summed E-state index contributed by atoms with van der Waals surface area (Å²) in [5, 5.41) is 0. The fourth-order valence-corrected chi connectivity index (χ4v) is 1.77. The van der Waals surface area contributed by atoms with E-state index in [-0.39, 0.29) is 6.42 Å². The lowest BCUT2D eigenvalue weighted by atomic mass is 9.96. The molecule has 0 N–H and O–H groups in total. The van der Waals surface area contributed by atoms with Crippen LogP contribution in [0.1, 0.15) is 12.0 Å². The molecule has 0 aromatic heterocycles. The van der Waals surface area contributed by atoms with E-state index in [9.17, 15) is 9.59 Å². The second-order valence-electron chi connectivity index (χ2n) is 4.06. The summed E-state index contributed by atoms with van der Waals surface area (Å²) < 4.78 is 14.4. The van der Waals surface area contributed by atoms with Crippen LogP contribution in [-0.2, 0) is 25.5 Å². The van der Waals surface area contributed by atoms with Crippen molar-refractivity contribution in [2.45, 2.75) is 12.8 Å². The molecule has 0 aliphatic rings. The predicted octanol–water partition coefficient (Wildman–Crippen LogP) is 1.59. The molecule has 5 heteroatoms. The summed E-state index contributed by atoms with van der Waals surface area (Å²) in [5.74, 6) is -0.699. The smallest absolute Gasteiger partial charge is 0.309 e. The van der Waals surface area contributed by atoms with Gasteiger partial charge < -0.3 is 14.2 Å². The Morgan fingerprint density at radius 2 is 1.89 bits per heavy atom. The van der Waals surface area contributed by atoms with Crippen LogP contribution in [0.5, 0.6) is 5.75 Å². The molecule has 1 atom stereocenters. The maximum atomic E-state index is 11.7. The summed E-state index contributed by atoms with van der Waals surface area (Å²) in [6.07, 6.45) is 0.402. The van der Waals surface area contributed by atoms with Crippen molar-refractivity contribution in [2.75, 3.05) is 21.3 Å². The standard InChI is InChI=1S/C14H18O5/c1-17-12-6-4-5-10(8-12)7-11(14(16)19-3)9-13(15)18-2/h4-6,8,11H,7,9H2,1-3H3. The molecule has 0 saturated carbocycles. The van der Waals surface area contributed by atoms with Crippen molar-refractivity contribution in [3.63, 3.8) is 0 Å². The molecule has 0 aliphatic heterocycles. The Balaban J connectivity index is 2.80. The first kappa shape index (κ1) is 15.0. The number of hydrogen-bond donors (Lipinski definition) is 0. The lowest BCUT2D eigenvalue weighted by molar-refractivity contribution is -0.151. The Hall–Kier alpha value is -2.04. The van der Waals surface area contributed by atoms with Crippen molar-refractivity contribution in [3.8, 4) is 5.75 Å². The number of methoxy groups -OCH3 is 3. The molecule has 104 valence electrons. The van der Waals surface area contributed by atoms with Crippen LogP contribution in [0.4, 0.5) is 0 Å². The van der Waals surface area contributed by atoms with Crippen LogP contribution < -0.4 is 4.74 Å². The van der Waals surface area contributed by atoms with Crippen molar-refractivity contribution >= 4 is 11.9 Å². The van der Waals surface area contributed by atoms with E-state index >= 15 is 0 Å². The summed E-state index contributed by atoms with van der Waals surface area (Å²) in [6.45, 7) is 0. The Morgan fingerprint density at radius 1 is 1.16 bits per heavy atom.